The zero-order valence-corrected chi connectivity index (χ0v) is 23.0. The van der Waals surface area contributed by atoms with Gasteiger partial charge in [-0.3, -0.25) is 4.79 Å². The summed E-state index contributed by atoms with van der Waals surface area (Å²) in [5.74, 6) is -0.694. The van der Waals surface area contributed by atoms with E-state index in [1.165, 1.54) is 23.5 Å². The van der Waals surface area contributed by atoms with Crippen molar-refractivity contribution in [2.24, 2.45) is 0 Å². The summed E-state index contributed by atoms with van der Waals surface area (Å²) in [6.45, 7) is 7.86. The number of methoxy groups -OCH3 is 1. The zero-order valence-electron chi connectivity index (χ0n) is 21.4. The summed E-state index contributed by atoms with van der Waals surface area (Å²) in [6, 6.07) is 11.6. The first-order valence-corrected chi connectivity index (χ1v) is 14.0. The smallest absolute Gasteiger partial charge is 0.244 e. The summed E-state index contributed by atoms with van der Waals surface area (Å²) in [4.78, 5) is 16.5. The lowest BCUT2D eigenvalue weighted by molar-refractivity contribution is -0.132. The molecule has 1 aromatic heterocycles. The SMILES string of the molecule is COCCN(CC(=O)N(Cc1ccc(F)cc1)Cc1sccc1C)S(=O)(=O)c1c(C)cc(C)cc1C. The minimum absolute atomic E-state index is 0.0414. The summed E-state index contributed by atoms with van der Waals surface area (Å²) in [5, 5.41) is 1.96. The molecule has 3 aromatic rings. The predicted molar refractivity (Wildman–Crippen MR) is 141 cm³/mol. The Hall–Kier alpha value is -2.59. The molecule has 0 aliphatic rings. The van der Waals surface area contributed by atoms with Crippen LogP contribution in [-0.4, -0.2) is 50.3 Å². The molecule has 0 atom stereocenters. The molecular formula is C27H33FN2O4S2. The molecule has 0 fully saturated rings. The minimum atomic E-state index is -3.97. The Kier molecular flexibility index (Phi) is 9.41. The fraction of sp³-hybridized carbons (Fsp3) is 0.370. The first-order chi connectivity index (χ1) is 17.0. The van der Waals surface area contributed by atoms with Gasteiger partial charge in [-0.25, -0.2) is 12.8 Å². The van der Waals surface area contributed by atoms with Crippen LogP contribution in [-0.2, 0) is 32.6 Å². The van der Waals surface area contributed by atoms with Crippen LogP contribution in [0.4, 0.5) is 4.39 Å². The molecule has 0 saturated carbocycles. The molecule has 9 heteroatoms. The van der Waals surface area contributed by atoms with E-state index in [9.17, 15) is 17.6 Å². The summed E-state index contributed by atoms with van der Waals surface area (Å²) in [7, 11) is -2.47. The second-order valence-electron chi connectivity index (χ2n) is 8.96. The van der Waals surface area contributed by atoms with Crippen LogP contribution in [0.1, 0.15) is 32.7 Å². The van der Waals surface area contributed by atoms with Gasteiger partial charge < -0.3 is 9.64 Å². The molecule has 0 spiro atoms. The topological polar surface area (TPSA) is 66.9 Å². The number of amides is 1. The molecule has 0 bridgehead atoms. The van der Waals surface area contributed by atoms with Crippen LogP contribution < -0.4 is 0 Å². The lowest BCUT2D eigenvalue weighted by atomic mass is 10.1. The largest absolute Gasteiger partial charge is 0.383 e. The maximum Gasteiger partial charge on any atom is 0.244 e. The van der Waals surface area contributed by atoms with E-state index in [0.717, 1.165) is 21.6 Å². The molecule has 0 saturated heterocycles. The molecule has 1 amide bonds. The fourth-order valence-corrected chi connectivity index (χ4v) is 6.92. The number of benzene rings is 2. The molecule has 0 aliphatic heterocycles. The highest BCUT2D eigenvalue weighted by atomic mass is 32.2. The van der Waals surface area contributed by atoms with E-state index in [-0.39, 0.29) is 42.9 Å². The van der Waals surface area contributed by atoms with Gasteiger partial charge in [-0.1, -0.05) is 29.8 Å². The van der Waals surface area contributed by atoms with Gasteiger partial charge in [0.1, 0.15) is 5.82 Å². The highest BCUT2D eigenvalue weighted by Crippen LogP contribution is 2.26. The van der Waals surface area contributed by atoms with Crippen molar-refractivity contribution >= 4 is 27.3 Å². The van der Waals surface area contributed by atoms with Crippen molar-refractivity contribution in [1.29, 1.82) is 0 Å². The van der Waals surface area contributed by atoms with Crippen molar-refractivity contribution in [2.75, 3.05) is 26.8 Å². The van der Waals surface area contributed by atoms with Gasteiger partial charge in [-0.2, -0.15) is 4.31 Å². The predicted octanol–water partition coefficient (Wildman–Crippen LogP) is 4.99. The standard InChI is InChI=1S/C27H33FN2O4S2/c1-19-14-21(3)27(22(4)15-19)36(32,33)30(11-12-34-5)18-26(31)29(17-25-20(2)10-13-35-25)16-23-6-8-24(28)9-7-23/h6-10,13-15H,11-12,16-18H2,1-5H3. The van der Waals surface area contributed by atoms with E-state index >= 15 is 0 Å². The van der Waals surface area contributed by atoms with Crippen molar-refractivity contribution in [3.8, 4) is 0 Å². The van der Waals surface area contributed by atoms with Crippen molar-refractivity contribution in [2.45, 2.75) is 45.7 Å². The second kappa shape index (κ2) is 12.1. The van der Waals surface area contributed by atoms with E-state index in [1.807, 2.05) is 37.4 Å². The molecule has 6 nitrogen and oxygen atoms in total. The lowest BCUT2D eigenvalue weighted by Crippen LogP contribution is -2.44. The van der Waals surface area contributed by atoms with Gasteiger partial charge in [0.05, 0.1) is 24.6 Å². The molecular weight excluding hydrogens is 499 g/mol. The second-order valence-corrected chi connectivity index (χ2v) is 11.8. The molecule has 0 unspecified atom stereocenters. The number of hydrogen-bond donors (Lipinski definition) is 0. The van der Waals surface area contributed by atoms with E-state index in [2.05, 4.69) is 0 Å². The van der Waals surface area contributed by atoms with Crippen LogP contribution >= 0.6 is 11.3 Å². The van der Waals surface area contributed by atoms with Gasteiger partial charge in [0, 0.05) is 25.1 Å². The van der Waals surface area contributed by atoms with Gasteiger partial charge in [0.25, 0.3) is 0 Å². The first kappa shape index (κ1) is 28.0. The average molecular weight is 533 g/mol. The molecule has 0 N–H and O–H groups in total. The number of thiophene rings is 1. The van der Waals surface area contributed by atoms with Gasteiger partial charge in [0.2, 0.25) is 15.9 Å². The monoisotopic (exact) mass is 532 g/mol. The highest BCUT2D eigenvalue weighted by Gasteiger charge is 2.31. The third-order valence-electron chi connectivity index (χ3n) is 6.00. The van der Waals surface area contributed by atoms with Crippen LogP contribution in [0, 0.1) is 33.5 Å². The van der Waals surface area contributed by atoms with Crippen molar-refractivity contribution in [3.05, 3.63) is 86.4 Å². The number of sulfonamides is 1. The first-order valence-electron chi connectivity index (χ1n) is 11.6. The molecule has 2 aromatic carbocycles. The summed E-state index contributed by atoms with van der Waals surface area (Å²) >= 11 is 1.54. The quantitative estimate of drug-likeness (QED) is 0.349. The number of nitrogens with zero attached hydrogens (tertiary/aromatic N) is 2. The summed E-state index contributed by atoms with van der Waals surface area (Å²) < 4.78 is 47.4. The van der Waals surface area contributed by atoms with Crippen LogP contribution in [0.25, 0.3) is 0 Å². The Labute approximate surface area is 217 Å². The maximum absolute atomic E-state index is 13.8. The zero-order chi connectivity index (χ0) is 26.5. The third kappa shape index (κ3) is 6.79. The number of carbonyl (C=O) groups is 1. The van der Waals surface area contributed by atoms with Gasteiger partial charge in [-0.15, -0.1) is 11.3 Å². The summed E-state index contributed by atoms with van der Waals surface area (Å²) in [5.41, 5.74) is 4.07. The number of hydrogen-bond acceptors (Lipinski definition) is 5. The van der Waals surface area contributed by atoms with Crippen molar-refractivity contribution in [3.63, 3.8) is 0 Å². The average Bonchev–Trinajstić information content (AvgIpc) is 3.20. The maximum atomic E-state index is 13.8. The van der Waals surface area contributed by atoms with Crippen molar-refractivity contribution < 1.29 is 22.3 Å². The molecule has 1 heterocycles. The molecule has 3 rings (SSSR count). The molecule has 36 heavy (non-hydrogen) atoms. The molecule has 194 valence electrons. The van der Waals surface area contributed by atoms with Gasteiger partial charge >= 0.3 is 0 Å². The van der Waals surface area contributed by atoms with Crippen LogP contribution in [0.15, 0.2) is 52.7 Å². The third-order valence-corrected chi connectivity index (χ3v) is 9.16. The fourth-order valence-electron chi connectivity index (χ4n) is 4.21. The number of carbonyl (C=O) groups excluding carboxylic acids is 1. The Morgan fingerprint density at radius 2 is 1.61 bits per heavy atom. The molecule has 0 radical (unpaired) electrons. The highest BCUT2D eigenvalue weighted by molar-refractivity contribution is 7.89. The summed E-state index contributed by atoms with van der Waals surface area (Å²) in [6.07, 6.45) is 0. The van der Waals surface area contributed by atoms with E-state index in [1.54, 1.807) is 42.2 Å². The lowest BCUT2D eigenvalue weighted by Gasteiger charge is -2.28. The normalized spacial score (nSPS) is 11.8. The number of rotatable bonds is 11. The van der Waals surface area contributed by atoms with E-state index < -0.39 is 10.0 Å². The number of aryl methyl sites for hydroxylation is 4. The van der Waals surface area contributed by atoms with E-state index in [4.69, 9.17) is 4.74 Å². The Balaban J connectivity index is 1.94. The number of halogens is 1. The Morgan fingerprint density at radius 3 is 2.17 bits per heavy atom. The van der Waals surface area contributed by atoms with Crippen LogP contribution in [0.5, 0.6) is 0 Å². The minimum Gasteiger partial charge on any atom is -0.383 e. The van der Waals surface area contributed by atoms with Gasteiger partial charge in [0.15, 0.2) is 0 Å². The number of ether oxygens (including phenoxy) is 1. The molecule has 0 aliphatic carbocycles. The van der Waals surface area contributed by atoms with Gasteiger partial charge in [-0.05, 0) is 73.5 Å². The van der Waals surface area contributed by atoms with Crippen molar-refractivity contribution in [1.82, 2.24) is 9.21 Å². The van der Waals surface area contributed by atoms with Crippen LogP contribution in [0.2, 0.25) is 0 Å². The Bertz CT molecular complexity index is 1280. The van der Waals surface area contributed by atoms with E-state index in [0.29, 0.717) is 17.7 Å². The Morgan fingerprint density at radius 1 is 0.972 bits per heavy atom. The van der Waals surface area contributed by atoms with Crippen LogP contribution in [0.3, 0.4) is 0 Å².